The van der Waals surface area contributed by atoms with Gasteiger partial charge in [0.05, 0.1) is 0 Å². The summed E-state index contributed by atoms with van der Waals surface area (Å²) in [5, 5.41) is 2.05. The molecule has 0 saturated carbocycles. The number of carbonyl (C=O) groups excluding carboxylic acids is 2. The van der Waals surface area contributed by atoms with E-state index in [-0.39, 0.29) is 30.4 Å². The van der Waals surface area contributed by atoms with E-state index in [0.29, 0.717) is 45.8 Å². The minimum atomic E-state index is -4.70. The first-order chi connectivity index (χ1) is 15.8. The maximum atomic E-state index is 12.6. The van der Waals surface area contributed by atoms with Crippen LogP contribution in [0.5, 0.6) is 5.75 Å². The summed E-state index contributed by atoms with van der Waals surface area (Å²) in [6.07, 6.45) is -3.37. The number of hydrogen-bond donors (Lipinski definition) is 0. The van der Waals surface area contributed by atoms with E-state index in [2.05, 4.69) is 21.1 Å². The van der Waals surface area contributed by atoms with Crippen LogP contribution < -0.4 is 4.74 Å². The monoisotopic (exact) mass is 481 g/mol. The van der Waals surface area contributed by atoms with Crippen molar-refractivity contribution in [3.05, 3.63) is 51.7 Å². The topological polar surface area (TPSA) is 53.1 Å². The van der Waals surface area contributed by atoms with E-state index in [4.69, 9.17) is 0 Å². The molecule has 0 atom stereocenters. The van der Waals surface area contributed by atoms with Crippen molar-refractivity contribution in [3.8, 4) is 5.75 Å². The molecule has 4 rings (SSSR count). The van der Waals surface area contributed by atoms with E-state index in [9.17, 15) is 22.8 Å². The normalized spacial score (nSPS) is 17.1. The SMILES string of the molecule is O=C(CCC(=O)N1CCc2sccc2C1)N1CCN(Cc2ccc(OC(F)(F)F)cc2)CC1. The molecule has 1 fully saturated rings. The van der Waals surface area contributed by atoms with Gasteiger partial charge >= 0.3 is 6.36 Å². The second kappa shape index (κ2) is 10.1. The maximum Gasteiger partial charge on any atom is 0.573 e. The van der Waals surface area contributed by atoms with Crippen LogP contribution in [-0.4, -0.2) is 65.6 Å². The van der Waals surface area contributed by atoms with E-state index in [1.165, 1.54) is 22.6 Å². The molecule has 178 valence electrons. The number of alkyl halides is 3. The molecule has 2 amide bonds. The molecule has 0 N–H and O–H groups in total. The van der Waals surface area contributed by atoms with Crippen molar-refractivity contribution in [1.29, 1.82) is 0 Å². The summed E-state index contributed by atoms with van der Waals surface area (Å²) in [5.41, 5.74) is 2.09. The molecule has 2 aliphatic rings. The lowest BCUT2D eigenvalue weighted by Crippen LogP contribution is -2.48. The molecule has 1 aromatic heterocycles. The van der Waals surface area contributed by atoms with Crippen LogP contribution >= 0.6 is 11.3 Å². The Hall–Kier alpha value is -2.59. The molecule has 2 aromatic rings. The molecule has 0 spiro atoms. The molecule has 0 aliphatic carbocycles. The van der Waals surface area contributed by atoms with E-state index in [1.54, 1.807) is 28.4 Å². The van der Waals surface area contributed by atoms with Crippen LogP contribution in [-0.2, 0) is 29.1 Å². The van der Waals surface area contributed by atoms with Gasteiger partial charge in [0.1, 0.15) is 5.75 Å². The highest BCUT2D eigenvalue weighted by molar-refractivity contribution is 7.10. The molecular formula is C23H26F3N3O3S. The summed E-state index contributed by atoms with van der Waals surface area (Å²) < 4.78 is 40.7. The average Bonchev–Trinajstić information content (AvgIpc) is 3.26. The molecule has 6 nitrogen and oxygen atoms in total. The predicted octanol–water partition coefficient (Wildman–Crippen LogP) is 3.66. The van der Waals surface area contributed by atoms with Gasteiger partial charge in [0.2, 0.25) is 11.8 Å². The minimum absolute atomic E-state index is 0.00937. The highest BCUT2D eigenvalue weighted by Gasteiger charge is 2.31. The van der Waals surface area contributed by atoms with Crippen molar-refractivity contribution < 1.29 is 27.5 Å². The quantitative estimate of drug-likeness (QED) is 0.632. The summed E-state index contributed by atoms with van der Waals surface area (Å²) in [5.74, 6) is -0.224. The molecule has 0 radical (unpaired) electrons. The number of fused-ring (bicyclic) bond motifs is 1. The Bertz CT molecular complexity index is 969. The third kappa shape index (κ3) is 6.48. The van der Waals surface area contributed by atoms with E-state index < -0.39 is 6.36 Å². The zero-order chi connectivity index (χ0) is 23.4. The van der Waals surface area contributed by atoms with Crippen molar-refractivity contribution in [1.82, 2.24) is 14.7 Å². The maximum absolute atomic E-state index is 12.6. The number of amides is 2. The third-order valence-corrected chi connectivity index (χ3v) is 7.02. The number of hydrogen-bond acceptors (Lipinski definition) is 5. The van der Waals surface area contributed by atoms with Gasteiger partial charge in [-0.2, -0.15) is 0 Å². The fourth-order valence-corrected chi connectivity index (χ4v) is 5.09. The van der Waals surface area contributed by atoms with Gasteiger partial charge < -0.3 is 14.5 Å². The summed E-state index contributed by atoms with van der Waals surface area (Å²) in [4.78, 5) is 32.3. The lowest BCUT2D eigenvalue weighted by molar-refractivity contribution is -0.274. The van der Waals surface area contributed by atoms with Crippen LogP contribution in [0.1, 0.15) is 28.8 Å². The Kier molecular flexibility index (Phi) is 7.23. The number of benzene rings is 1. The second-order valence-electron chi connectivity index (χ2n) is 8.28. The highest BCUT2D eigenvalue weighted by atomic mass is 32.1. The first-order valence-corrected chi connectivity index (χ1v) is 11.8. The summed E-state index contributed by atoms with van der Waals surface area (Å²) in [7, 11) is 0. The van der Waals surface area contributed by atoms with Gasteiger partial charge in [-0.15, -0.1) is 24.5 Å². The van der Waals surface area contributed by atoms with Crippen molar-refractivity contribution in [2.75, 3.05) is 32.7 Å². The zero-order valence-corrected chi connectivity index (χ0v) is 19.0. The third-order valence-electron chi connectivity index (χ3n) is 6.00. The zero-order valence-electron chi connectivity index (χ0n) is 18.1. The van der Waals surface area contributed by atoms with Gasteiger partial charge in [-0.25, -0.2) is 0 Å². The Morgan fingerprint density at radius 3 is 2.24 bits per heavy atom. The van der Waals surface area contributed by atoms with Gasteiger partial charge in [-0.05, 0) is 41.1 Å². The van der Waals surface area contributed by atoms with Crippen LogP contribution in [0, 0.1) is 0 Å². The summed E-state index contributed by atoms with van der Waals surface area (Å²) in [6.45, 7) is 4.43. The molecule has 0 unspecified atom stereocenters. The Morgan fingerprint density at radius 2 is 1.58 bits per heavy atom. The van der Waals surface area contributed by atoms with Gasteiger partial charge in [-0.3, -0.25) is 14.5 Å². The van der Waals surface area contributed by atoms with E-state index >= 15 is 0 Å². The van der Waals surface area contributed by atoms with Crippen LogP contribution in [0.25, 0.3) is 0 Å². The van der Waals surface area contributed by atoms with Crippen LogP contribution in [0.3, 0.4) is 0 Å². The van der Waals surface area contributed by atoms with Crippen molar-refractivity contribution in [2.24, 2.45) is 0 Å². The minimum Gasteiger partial charge on any atom is -0.406 e. The van der Waals surface area contributed by atoms with Gasteiger partial charge in [0, 0.05) is 63.5 Å². The van der Waals surface area contributed by atoms with Gasteiger partial charge in [0.15, 0.2) is 0 Å². The smallest absolute Gasteiger partial charge is 0.406 e. The summed E-state index contributed by atoms with van der Waals surface area (Å²) in [6, 6.07) is 7.91. The number of thiophene rings is 1. The van der Waals surface area contributed by atoms with Gasteiger partial charge in [-0.1, -0.05) is 12.1 Å². The first kappa shape index (κ1) is 23.6. The molecule has 33 heavy (non-hydrogen) atoms. The first-order valence-electron chi connectivity index (χ1n) is 10.9. The molecular weight excluding hydrogens is 455 g/mol. The number of rotatable bonds is 6. The Morgan fingerprint density at radius 1 is 0.909 bits per heavy atom. The highest BCUT2D eigenvalue weighted by Crippen LogP contribution is 2.25. The molecule has 2 aliphatic heterocycles. The fourth-order valence-electron chi connectivity index (χ4n) is 4.20. The van der Waals surface area contributed by atoms with E-state index in [0.717, 1.165) is 12.0 Å². The lowest BCUT2D eigenvalue weighted by Gasteiger charge is -2.35. The average molecular weight is 482 g/mol. The Labute approximate surface area is 194 Å². The van der Waals surface area contributed by atoms with Crippen molar-refractivity contribution in [3.63, 3.8) is 0 Å². The standard InChI is InChI=1S/C23H26F3N3O3S/c24-23(25,26)32-19-3-1-17(2-4-19)15-27-10-12-28(13-11-27)21(30)5-6-22(31)29-9-7-20-18(16-29)8-14-33-20/h1-4,8,14H,5-7,9-13,15-16H2. The number of halogens is 3. The fraction of sp³-hybridized carbons (Fsp3) is 0.478. The number of nitrogens with zero attached hydrogens (tertiary/aromatic N) is 3. The number of ether oxygens (including phenoxy) is 1. The van der Waals surface area contributed by atoms with Crippen molar-refractivity contribution in [2.45, 2.75) is 38.7 Å². The van der Waals surface area contributed by atoms with Crippen molar-refractivity contribution >= 4 is 23.2 Å². The molecule has 1 aromatic carbocycles. The lowest BCUT2D eigenvalue weighted by atomic mass is 10.1. The molecule has 10 heteroatoms. The van der Waals surface area contributed by atoms with Crippen LogP contribution in [0.2, 0.25) is 0 Å². The van der Waals surface area contributed by atoms with Crippen LogP contribution in [0.15, 0.2) is 35.7 Å². The van der Waals surface area contributed by atoms with Crippen LogP contribution in [0.4, 0.5) is 13.2 Å². The molecule has 3 heterocycles. The predicted molar refractivity (Wildman–Crippen MR) is 118 cm³/mol. The van der Waals surface area contributed by atoms with E-state index in [1.807, 2.05) is 4.90 Å². The second-order valence-corrected chi connectivity index (χ2v) is 9.28. The number of piperazine rings is 1. The largest absolute Gasteiger partial charge is 0.573 e. The summed E-state index contributed by atoms with van der Waals surface area (Å²) >= 11 is 1.73. The molecule has 1 saturated heterocycles. The van der Waals surface area contributed by atoms with Gasteiger partial charge in [0.25, 0.3) is 0 Å². The Balaban J connectivity index is 1.17. The number of carbonyl (C=O) groups is 2. The molecule has 0 bridgehead atoms.